The third-order valence-corrected chi connectivity index (χ3v) is 3.79. The van der Waals surface area contributed by atoms with Crippen LogP contribution in [0.25, 0.3) is 0 Å². The molecule has 0 unspecified atom stereocenters. The first-order chi connectivity index (χ1) is 10.9. The monoisotopic (exact) mass is 315 g/mol. The van der Waals surface area contributed by atoms with Gasteiger partial charge in [0.1, 0.15) is 0 Å². The molecule has 0 bridgehead atoms. The Balaban J connectivity index is 1.82. The maximum absolute atomic E-state index is 10.1. The zero-order valence-corrected chi connectivity index (χ0v) is 14.0. The van der Waals surface area contributed by atoms with Crippen LogP contribution in [0, 0.1) is 5.92 Å². The molecule has 0 radical (unpaired) electrons. The molecule has 1 aromatic carbocycles. The van der Waals surface area contributed by atoms with Gasteiger partial charge in [-0.1, -0.05) is 18.2 Å². The topological polar surface area (TPSA) is 66.2 Å². The fraction of sp³-hybridized carbons (Fsp3) is 0.529. The van der Waals surface area contributed by atoms with Crippen LogP contribution in [0.15, 0.2) is 30.3 Å². The fourth-order valence-corrected chi connectivity index (χ4v) is 2.56. The SMILES string of the molecule is CN(CC1CC1)c1nc(Nc2ccccc2)nn1CC(C)(C)O. The second-order valence-corrected chi connectivity index (χ2v) is 7.02. The summed E-state index contributed by atoms with van der Waals surface area (Å²) in [6, 6.07) is 9.86. The van der Waals surface area contributed by atoms with Crippen molar-refractivity contribution in [2.45, 2.75) is 38.8 Å². The number of aliphatic hydroxyl groups is 1. The van der Waals surface area contributed by atoms with Crippen molar-refractivity contribution >= 4 is 17.6 Å². The van der Waals surface area contributed by atoms with Gasteiger partial charge in [-0.3, -0.25) is 0 Å². The Morgan fingerprint density at radius 3 is 2.61 bits per heavy atom. The van der Waals surface area contributed by atoms with Crippen LogP contribution in [0.3, 0.4) is 0 Å². The largest absolute Gasteiger partial charge is 0.389 e. The number of anilines is 3. The summed E-state index contributed by atoms with van der Waals surface area (Å²) in [4.78, 5) is 6.76. The Morgan fingerprint density at radius 1 is 1.30 bits per heavy atom. The molecule has 3 rings (SSSR count). The number of hydrogen-bond acceptors (Lipinski definition) is 5. The standard InChI is InChI=1S/C17H25N5O/c1-17(2,23)12-22-16(21(3)11-13-9-10-13)19-15(20-22)18-14-7-5-4-6-8-14/h4-8,13,23H,9-12H2,1-3H3,(H,18,20). The van der Waals surface area contributed by atoms with Crippen LogP contribution >= 0.6 is 0 Å². The molecule has 1 aliphatic carbocycles. The minimum absolute atomic E-state index is 0.404. The van der Waals surface area contributed by atoms with E-state index in [1.165, 1.54) is 12.8 Å². The van der Waals surface area contributed by atoms with E-state index >= 15 is 0 Å². The van der Waals surface area contributed by atoms with Gasteiger partial charge in [0, 0.05) is 19.3 Å². The van der Waals surface area contributed by atoms with E-state index < -0.39 is 5.60 Å². The van der Waals surface area contributed by atoms with Gasteiger partial charge < -0.3 is 15.3 Å². The zero-order chi connectivity index (χ0) is 16.4. The molecule has 1 fully saturated rings. The highest BCUT2D eigenvalue weighted by atomic mass is 16.3. The highest BCUT2D eigenvalue weighted by molar-refractivity contribution is 5.54. The summed E-state index contributed by atoms with van der Waals surface area (Å²) in [5, 5.41) is 17.9. The quantitative estimate of drug-likeness (QED) is 0.822. The van der Waals surface area contributed by atoms with E-state index in [4.69, 9.17) is 0 Å². The Kier molecular flexibility index (Phi) is 4.26. The van der Waals surface area contributed by atoms with Crippen molar-refractivity contribution in [3.05, 3.63) is 30.3 Å². The number of benzene rings is 1. The van der Waals surface area contributed by atoms with Gasteiger partial charge in [-0.15, -0.1) is 5.10 Å². The van der Waals surface area contributed by atoms with Crippen molar-refractivity contribution in [2.75, 3.05) is 23.8 Å². The lowest BCUT2D eigenvalue weighted by Gasteiger charge is -2.22. The van der Waals surface area contributed by atoms with Gasteiger partial charge in [0.2, 0.25) is 11.9 Å². The van der Waals surface area contributed by atoms with Crippen LogP contribution < -0.4 is 10.2 Å². The molecule has 0 aliphatic heterocycles. The molecule has 1 saturated carbocycles. The van der Waals surface area contributed by atoms with Crippen molar-refractivity contribution < 1.29 is 5.11 Å². The van der Waals surface area contributed by atoms with Gasteiger partial charge in [-0.25, -0.2) is 4.68 Å². The van der Waals surface area contributed by atoms with E-state index in [1.807, 2.05) is 37.4 Å². The predicted molar refractivity (Wildman–Crippen MR) is 92.0 cm³/mol. The average molecular weight is 315 g/mol. The summed E-state index contributed by atoms with van der Waals surface area (Å²) in [7, 11) is 2.04. The Bertz CT molecular complexity index is 643. The van der Waals surface area contributed by atoms with Crippen LogP contribution in [-0.4, -0.2) is 39.1 Å². The maximum Gasteiger partial charge on any atom is 0.248 e. The summed E-state index contributed by atoms with van der Waals surface area (Å²) >= 11 is 0. The molecule has 6 heteroatoms. The Hall–Kier alpha value is -2.08. The second kappa shape index (κ2) is 6.20. The Labute approximate surface area is 137 Å². The van der Waals surface area contributed by atoms with Gasteiger partial charge in [0.25, 0.3) is 0 Å². The maximum atomic E-state index is 10.1. The number of nitrogens with zero attached hydrogens (tertiary/aromatic N) is 4. The molecule has 2 N–H and O–H groups in total. The normalized spacial score (nSPS) is 14.8. The van der Waals surface area contributed by atoms with Gasteiger partial charge in [0.05, 0.1) is 12.1 Å². The number of hydrogen-bond donors (Lipinski definition) is 2. The summed E-state index contributed by atoms with van der Waals surface area (Å²) in [6.07, 6.45) is 2.58. The molecule has 124 valence electrons. The van der Waals surface area contributed by atoms with Crippen LogP contribution in [-0.2, 0) is 6.54 Å². The van der Waals surface area contributed by atoms with E-state index in [2.05, 4.69) is 20.3 Å². The lowest BCUT2D eigenvalue weighted by Crippen LogP contribution is -2.30. The molecular weight excluding hydrogens is 290 g/mol. The van der Waals surface area contributed by atoms with Crippen LogP contribution in [0.2, 0.25) is 0 Å². The lowest BCUT2D eigenvalue weighted by atomic mass is 10.1. The molecule has 0 amide bonds. The lowest BCUT2D eigenvalue weighted by molar-refractivity contribution is 0.0581. The van der Waals surface area contributed by atoms with E-state index in [1.54, 1.807) is 18.5 Å². The molecule has 1 aromatic heterocycles. The van der Waals surface area contributed by atoms with Crippen molar-refractivity contribution in [3.63, 3.8) is 0 Å². The number of aromatic nitrogens is 3. The molecule has 2 aromatic rings. The van der Waals surface area contributed by atoms with E-state index in [0.29, 0.717) is 12.5 Å². The summed E-state index contributed by atoms with van der Waals surface area (Å²) in [6.45, 7) is 4.95. The minimum Gasteiger partial charge on any atom is -0.389 e. The molecule has 23 heavy (non-hydrogen) atoms. The predicted octanol–water partition coefficient (Wildman–Crippen LogP) is 2.64. The number of rotatable bonds is 7. The molecule has 6 nitrogen and oxygen atoms in total. The molecule has 1 aliphatic rings. The van der Waals surface area contributed by atoms with E-state index in [-0.39, 0.29) is 0 Å². The highest BCUT2D eigenvalue weighted by Crippen LogP contribution is 2.31. The molecule has 0 saturated heterocycles. The summed E-state index contributed by atoms with van der Waals surface area (Å²) in [5.41, 5.74) is 0.108. The van der Waals surface area contributed by atoms with Gasteiger partial charge in [-0.2, -0.15) is 4.98 Å². The smallest absolute Gasteiger partial charge is 0.248 e. The summed E-state index contributed by atoms with van der Waals surface area (Å²) < 4.78 is 1.79. The van der Waals surface area contributed by atoms with Crippen LogP contribution in [0.1, 0.15) is 26.7 Å². The minimum atomic E-state index is -0.840. The first-order valence-electron chi connectivity index (χ1n) is 8.11. The van der Waals surface area contributed by atoms with Gasteiger partial charge in [0.15, 0.2) is 0 Å². The molecule has 1 heterocycles. The van der Waals surface area contributed by atoms with Gasteiger partial charge in [-0.05, 0) is 44.7 Å². The molecule has 0 spiro atoms. The highest BCUT2D eigenvalue weighted by Gasteiger charge is 2.26. The van der Waals surface area contributed by atoms with Crippen molar-refractivity contribution in [3.8, 4) is 0 Å². The third-order valence-electron chi connectivity index (χ3n) is 3.79. The van der Waals surface area contributed by atoms with E-state index in [0.717, 1.165) is 24.1 Å². The van der Waals surface area contributed by atoms with Crippen molar-refractivity contribution in [1.29, 1.82) is 0 Å². The summed E-state index contributed by atoms with van der Waals surface area (Å²) in [5.74, 6) is 2.10. The van der Waals surface area contributed by atoms with Crippen molar-refractivity contribution in [2.24, 2.45) is 5.92 Å². The zero-order valence-electron chi connectivity index (χ0n) is 14.0. The second-order valence-electron chi connectivity index (χ2n) is 7.02. The van der Waals surface area contributed by atoms with Gasteiger partial charge >= 0.3 is 0 Å². The Morgan fingerprint density at radius 2 is 2.00 bits per heavy atom. The first kappa shape index (κ1) is 15.8. The molecular formula is C17H25N5O. The number of para-hydroxylation sites is 1. The van der Waals surface area contributed by atoms with Crippen LogP contribution in [0.4, 0.5) is 17.6 Å². The third kappa shape index (κ3) is 4.45. The fourth-order valence-electron chi connectivity index (χ4n) is 2.56. The first-order valence-corrected chi connectivity index (χ1v) is 8.11. The average Bonchev–Trinajstić information content (AvgIpc) is 3.19. The van der Waals surface area contributed by atoms with E-state index in [9.17, 15) is 5.11 Å². The molecule has 0 atom stereocenters. The van der Waals surface area contributed by atoms with Crippen LogP contribution in [0.5, 0.6) is 0 Å². The number of nitrogens with one attached hydrogen (secondary N) is 1. The van der Waals surface area contributed by atoms with Crippen molar-refractivity contribution in [1.82, 2.24) is 14.8 Å².